The van der Waals surface area contributed by atoms with Crippen LogP contribution in [0.4, 0.5) is 0 Å². The lowest BCUT2D eigenvalue weighted by Crippen LogP contribution is -1.95. The van der Waals surface area contributed by atoms with E-state index in [4.69, 9.17) is 14.2 Å². The third-order valence-corrected chi connectivity index (χ3v) is 4.82. The van der Waals surface area contributed by atoms with Gasteiger partial charge in [0.2, 0.25) is 0 Å². The molecule has 3 heteroatoms. The van der Waals surface area contributed by atoms with Gasteiger partial charge in [-0.2, -0.15) is 0 Å². The smallest absolute Gasteiger partial charge is 0.143 e. The molecule has 0 aliphatic carbocycles. The van der Waals surface area contributed by atoms with Crippen LogP contribution in [0, 0.1) is 6.92 Å². The van der Waals surface area contributed by atoms with E-state index < -0.39 is 0 Å². The fraction of sp³-hybridized carbons (Fsp3) is 0.120. The van der Waals surface area contributed by atoms with Crippen molar-refractivity contribution in [3.63, 3.8) is 0 Å². The monoisotopic (exact) mass is 370 g/mol. The zero-order valence-electron chi connectivity index (χ0n) is 16.2. The van der Waals surface area contributed by atoms with Gasteiger partial charge >= 0.3 is 0 Å². The van der Waals surface area contributed by atoms with E-state index in [1.807, 2.05) is 60.7 Å². The first kappa shape index (κ1) is 17.9. The second-order valence-corrected chi connectivity index (χ2v) is 6.63. The molecule has 3 nitrogen and oxygen atoms in total. The second-order valence-electron chi connectivity index (χ2n) is 6.63. The number of methoxy groups -OCH3 is 2. The molecule has 0 fully saturated rings. The largest absolute Gasteiger partial charge is 0.497 e. The molecular weight excluding hydrogens is 348 g/mol. The Morgan fingerprint density at radius 3 is 2.11 bits per heavy atom. The maximum absolute atomic E-state index is 6.42. The zero-order valence-corrected chi connectivity index (χ0v) is 16.2. The van der Waals surface area contributed by atoms with Crippen LogP contribution in [0.5, 0.6) is 23.0 Å². The minimum atomic E-state index is 0.800. The molecule has 4 rings (SSSR count). The quantitative estimate of drug-likeness (QED) is 0.395. The Balaban J connectivity index is 1.99. The number of para-hydroxylation sites is 1. The van der Waals surface area contributed by atoms with Crippen LogP contribution >= 0.6 is 0 Å². The second kappa shape index (κ2) is 7.65. The van der Waals surface area contributed by atoms with E-state index >= 15 is 0 Å². The first-order valence-electron chi connectivity index (χ1n) is 9.18. The van der Waals surface area contributed by atoms with Crippen LogP contribution in [0.2, 0.25) is 0 Å². The van der Waals surface area contributed by atoms with Crippen molar-refractivity contribution in [1.29, 1.82) is 0 Å². The van der Waals surface area contributed by atoms with Crippen molar-refractivity contribution in [1.82, 2.24) is 0 Å². The van der Waals surface area contributed by atoms with E-state index in [2.05, 4.69) is 25.1 Å². The molecule has 0 saturated carbocycles. The predicted molar refractivity (Wildman–Crippen MR) is 114 cm³/mol. The van der Waals surface area contributed by atoms with E-state index in [0.717, 1.165) is 50.5 Å². The maximum Gasteiger partial charge on any atom is 0.143 e. The summed E-state index contributed by atoms with van der Waals surface area (Å²) in [6, 6.07) is 26.1. The zero-order chi connectivity index (χ0) is 19.5. The number of hydrogen-bond acceptors (Lipinski definition) is 3. The summed E-state index contributed by atoms with van der Waals surface area (Å²) < 4.78 is 17.3. The molecule has 0 atom stereocenters. The third-order valence-electron chi connectivity index (χ3n) is 4.82. The van der Waals surface area contributed by atoms with Crippen molar-refractivity contribution in [2.45, 2.75) is 6.92 Å². The summed E-state index contributed by atoms with van der Waals surface area (Å²) in [5.41, 5.74) is 3.24. The first-order chi connectivity index (χ1) is 13.7. The van der Waals surface area contributed by atoms with Crippen molar-refractivity contribution < 1.29 is 14.2 Å². The third kappa shape index (κ3) is 3.39. The first-order valence-corrected chi connectivity index (χ1v) is 9.18. The SMILES string of the molecule is COc1cccc(-c2c(C)cc3cc(OC)ccc3c2Oc2ccccc2)c1. The molecule has 4 aromatic carbocycles. The molecule has 0 amide bonds. The van der Waals surface area contributed by atoms with Gasteiger partial charge in [-0.3, -0.25) is 0 Å². The van der Waals surface area contributed by atoms with Crippen molar-refractivity contribution in [2.24, 2.45) is 0 Å². The van der Waals surface area contributed by atoms with Gasteiger partial charge in [-0.15, -0.1) is 0 Å². The summed E-state index contributed by atoms with van der Waals surface area (Å²) in [5.74, 6) is 3.27. The van der Waals surface area contributed by atoms with Crippen molar-refractivity contribution in [3.05, 3.63) is 84.4 Å². The Hall–Kier alpha value is -3.46. The number of ether oxygens (including phenoxy) is 3. The molecule has 4 aromatic rings. The molecule has 0 saturated heterocycles. The lowest BCUT2D eigenvalue weighted by Gasteiger charge is -2.18. The molecule has 28 heavy (non-hydrogen) atoms. The topological polar surface area (TPSA) is 27.7 Å². The fourth-order valence-electron chi connectivity index (χ4n) is 3.46. The number of rotatable bonds is 5. The summed E-state index contributed by atoms with van der Waals surface area (Å²) in [6.45, 7) is 2.10. The van der Waals surface area contributed by atoms with E-state index in [1.54, 1.807) is 14.2 Å². The number of fused-ring (bicyclic) bond motifs is 1. The van der Waals surface area contributed by atoms with Crippen LogP contribution in [0.1, 0.15) is 5.56 Å². The lowest BCUT2D eigenvalue weighted by atomic mass is 9.94. The molecule has 0 heterocycles. The maximum atomic E-state index is 6.42. The molecule has 0 spiro atoms. The summed E-state index contributed by atoms with van der Waals surface area (Å²) in [4.78, 5) is 0. The van der Waals surface area contributed by atoms with Crippen LogP contribution in [-0.2, 0) is 0 Å². The van der Waals surface area contributed by atoms with Crippen LogP contribution in [0.15, 0.2) is 78.9 Å². The average molecular weight is 370 g/mol. The van der Waals surface area contributed by atoms with Gasteiger partial charge < -0.3 is 14.2 Å². The van der Waals surface area contributed by atoms with Gasteiger partial charge in [0, 0.05) is 10.9 Å². The molecule has 0 aliphatic rings. The molecule has 0 bridgehead atoms. The van der Waals surface area contributed by atoms with Gasteiger partial charge in [0.1, 0.15) is 23.0 Å². The molecule has 0 radical (unpaired) electrons. The Morgan fingerprint density at radius 2 is 1.36 bits per heavy atom. The Bertz CT molecular complexity index is 1120. The molecule has 0 aromatic heterocycles. The van der Waals surface area contributed by atoms with Gasteiger partial charge in [-0.1, -0.05) is 36.4 Å². The molecule has 0 unspecified atom stereocenters. The van der Waals surface area contributed by atoms with Crippen LogP contribution < -0.4 is 14.2 Å². The average Bonchev–Trinajstić information content (AvgIpc) is 2.74. The summed E-state index contributed by atoms with van der Waals surface area (Å²) in [6.07, 6.45) is 0. The number of benzene rings is 4. The number of aryl methyl sites for hydroxylation is 1. The highest BCUT2D eigenvalue weighted by atomic mass is 16.5. The van der Waals surface area contributed by atoms with Crippen LogP contribution in [0.25, 0.3) is 21.9 Å². The van der Waals surface area contributed by atoms with Gasteiger partial charge in [0.15, 0.2) is 0 Å². The minimum absolute atomic E-state index is 0.800. The highest BCUT2D eigenvalue weighted by molar-refractivity contribution is 5.97. The van der Waals surface area contributed by atoms with Crippen molar-refractivity contribution in [3.8, 4) is 34.1 Å². The fourth-order valence-corrected chi connectivity index (χ4v) is 3.46. The summed E-state index contributed by atoms with van der Waals surface area (Å²) in [5, 5.41) is 2.11. The van der Waals surface area contributed by atoms with Gasteiger partial charge in [0.25, 0.3) is 0 Å². The van der Waals surface area contributed by atoms with Crippen molar-refractivity contribution in [2.75, 3.05) is 14.2 Å². The Labute approximate surface area is 165 Å². The van der Waals surface area contributed by atoms with E-state index in [9.17, 15) is 0 Å². The van der Waals surface area contributed by atoms with E-state index in [-0.39, 0.29) is 0 Å². The van der Waals surface area contributed by atoms with Gasteiger partial charge in [-0.05, 0) is 65.9 Å². The summed E-state index contributed by atoms with van der Waals surface area (Å²) >= 11 is 0. The minimum Gasteiger partial charge on any atom is -0.497 e. The molecule has 0 aliphatic heterocycles. The van der Waals surface area contributed by atoms with Gasteiger partial charge in [0.05, 0.1) is 14.2 Å². The predicted octanol–water partition coefficient (Wildman–Crippen LogP) is 6.62. The Kier molecular flexibility index (Phi) is 4.90. The molecule has 140 valence electrons. The standard InChI is InChI=1S/C25H22O3/c1-17-14-19-16-22(27-3)12-13-23(19)25(28-20-9-5-4-6-10-20)24(17)18-8-7-11-21(15-18)26-2/h4-16H,1-3H3. The van der Waals surface area contributed by atoms with Gasteiger partial charge in [-0.25, -0.2) is 0 Å². The normalized spacial score (nSPS) is 10.7. The Morgan fingerprint density at radius 1 is 0.643 bits per heavy atom. The van der Waals surface area contributed by atoms with E-state index in [1.165, 1.54) is 0 Å². The van der Waals surface area contributed by atoms with Crippen LogP contribution in [-0.4, -0.2) is 14.2 Å². The molecule has 0 N–H and O–H groups in total. The highest BCUT2D eigenvalue weighted by Crippen LogP contribution is 2.43. The van der Waals surface area contributed by atoms with Crippen molar-refractivity contribution >= 4 is 10.8 Å². The number of hydrogen-bond donors (Lipinski definition) is 0. The highest BCUT2D eigenvalue weighted by Gasteiger charge is 2.16. The van der Waals surface area contributed by atoms with Crippen LogP contribution in [0.3, 0.4) is 0 Å². The van der Waals surface area contributed by atoms with E-state index in [0.29, 0.717) is 0 Å². The lowest BCUT2D eigenvalue weighted by molar-refractivity contribution is 0.415. The molecular formula is C25H22O3. The summed E-state index contributed by atoms with van der Waals surface area (Å²) in [7, 11) is 3.36.